The predicted octanol–water partition coefficient (Wildman–Crippen LogP) is 2.57. The van der Waals surface area contributed by atoms with E-state index < -0.39 is 0 Å². The Labute approximate surface area is 85.4 Å². The van der Waals surface area contributed by atoms with E-state index in [0.717, 1.165) is 5.75 Å². The molecule has 78 valence electrons. The van der Waals surface area contributed by atoms with Crippen molar-refractivity contribution in [1.29, 1.82) is 0 Å². The van der Waals surface area contributed by atoms with Gasteiger partial charge in [0.15, 0.2) is 0 Å². The summed E-state index contributed by atoms with van der Waals surface area (Å²) in [6.45, 7) is 8.49. The molecule has 0 heterocycles. The fourth-order valence-electron chi connectivity index (χ4n) is 0.758. The lowest BCUT2D eigenvalue weighted by Crippen LogP contribution is -2.17. The molecular formula is C10H20O2S. The van der Waals surface area contributed by atoms with Gasteiger partial charge in [-0.2, -0.15) is 11.8 Å². The van der Waals surface area contributed by atoms with Crippen molar-refractivity contribution in [2.45, 2.75) is 32.9 Å². The molecule has 0 spiro atoms. The second-order valence-electron chi connectivity index (χ2n) is 3.71. The second kappa shape index (κ2) is 6.30. The fraction of sp³-hybridized carbons (Fsp3) is 0.900. The van der Waals surface area contributed by atoms with Crippen molar-refractivity contribution in [3.05, 3.63) is 0 Å². The largest absolute Gasteiger partial charge is 0.469 e. The first-order valence-corrected chi connectivity index (χ1v) is 5.73. The summed E-state index contributed by atoms with van der Waals surface area (Å²) in [5.74, 6) is 1.42. The highest BCUT2D eigenvalue weighted by molar-refractivity contribution is 7.99. The van der Waals surface area contributed by atoms with E-state index in [0.29, 0.717) is 11.2 Å². The van der Waals surface area contributed by atoms with Gasteiger partial charge in [-0.15, -0.1) is 0 Å². The van der Waals surface area contributed by atoms with Crippen molar-refractivity contribution < 1.29 is 9.53 Å². The van der Waals surface area contributed by atoms with E-state index in [-0.39, 0.29) is 11.9 Å². The van der Waals surface area contributed by atoms with E-state index in [1.165, 1.54) is 7.11 Å². The number of methoxy groups -OCH3 is 1. The van der Waals surface area contributed by atoms with Crippen LogP contribution in [0.2, 0.25) is 0 Å². The maximum atomic E-state index is 11.1. The monoisotopic (exact) mass is 204 g/mol. The molecule has 0 fully saturated rings. The van der Waals surface area contributed by atoms with Crippen LogP contribution in [0.15, 0.2) is 0 Å². The lowest BCUT2D eigenvalue weighted by atomic mass is 10.2. The summed E-state index contributed by atoms with van der Waals surface area (Å²) in [5, 5.41) is 0.604. The Bertz CT molecular complexity index is 157. The zero-order valence-corrected chi connectivity index (χ0v) is 9.98. The number of carbonyl (C=O) groups excluding carboxylic acids is 1. The van der Waals surface area contributed by atoms with E-state index in [2.05, 4.69) is 25.5 Å². The molecular weight excluding hydrogens is 184 g/mol. The molecule has 0 amide bonds. The quantitative estimate of drug-likeness (QED) is 0.644. The lowest BCUT2D eigenvalue weighted by molar-refractivity contribution is -0.143. The summed E-state index contributed by atoms with van der Waals surface area (Å²) in [6.07, 6.45) is 0. The van der Waals surface area contributed by atoms with Crippen LogP contribution < -0.4 is 0 Å². The Balaban J connectivity index is 3.69. The molecule has 0 N–H and O–H groups in total. The number of thioether (sulfide) groups is 1. The number of esters is 1. The first-order chi connectivity index (χ1) is 5.99. The van der Waals surface area contributed by atoms with E-state index in [1.807, 2.05) is 18.7 Å². The highest BCUT2D eigenvalue weighted by atomic mass is 32.2. The van der Waals surface area contributed by atoms with Gasteiger partial charge >= 0.3 is 5.97 Å². The summed E-state index contributed by atoms with van der Waals surface area (Å²) in [6, 6.07) is 0. The van der Waals surface area contributed by atoms with Gasteiger partial charge < -0.3 is 4.74 Å². The van der Waals surface area contributed by atoms with E-state index in [4.69, 9.17) is 0 Å². The molecule has 0 aliphatic rings. The van der Waals surface area contributed by atoms with Gasteiger partial charge in [-0.05, 0) is 5.92 Å². The van der Waals surface area contributed by atoms with Crippen LogP contribution in [0.5, 0.6) is 0 Å². The summed E-state index contributed by atoms with van der Waals surface area (Å²) in [4.78, 5) is 11.1. The number of rotatable bonds is 5. The molecule has 0 saturated carbocycles. The average Bonchev–Trinajstić information content (AvgIpc) is 2.11. The molecule has 0 aromatic carbocycles. The van der Waals surface area contributed by atoms with Gasteiger partial charge in [0.25, 0.3) is 0 Å². The van der Waals surface area contributed by atoms with Crippen LogP contribution in [-0.4, -0.2) is 24.1 Å². The molecule has 0 aromatic heterocycles. The maximum absolute atomic E-state index is 11.1. The van der Waals surface area contributed by atoms with Gasteiger partial charge in [-0.1, -0.05) is 27.7 Å². The van der Waals surface area contributed by atoms with Gasteiger partial charge in [0.05, 0.1) is 13.0 Å². The normalized spacial score (nSPS) is 15.5. The van der Waals surface area contributed by atoms with Crippen molar-refractivity contribution in [2.24, 2.45) is 11.8 Å². The van der Waals surface area contributed by atoms with Crippen LogP contribution in [0.4, 0.5) is 0 Å². The van der Waals surface area contributed by atoms with E-state index in [1.54, 1.807) is 0 Å². The number of hydrogen-bond acceptors (Lipinski definition) is 3. The number of hydrogen-bond donors (Lipinski definition) is 0. The number of ether oxygens (including phenoxy) is 1. The van der Waals surface area contributed by atoms with Crippen molar-refractivity contribution in [2.75, 3.05) is 12.9 Å². The average molecular weight is 204 g/mol. The Morgan fingerprint density at radius 2 is 1.85 bits per heavy atom. The minimum absolute atomic E-state index is 0.0104. The minimum Gasteiger partial charge on any atom is -0.469 e. The third-order valence-corrected chi connectivity index (χ3v) is 3.91. The van der Waals surface area contributed by atoms with Gasteiger partial charge in [0, 0.05) is 11.0 Å². The molecule has 0 radical (unpaired) electrons. The van der Waals surface area contributed by atoms with Crippen LogP contribution >= 0.6 is 11.8 Å². The van der Waals surface area contributed by atoms with Crippen molar-refractivity contribution in [1.82, 2.24) is 0 Å². The molecule has 2 unspecified atom stereocenters. The molecule has 0 rings (SSSR count). The molecule has 13 heavy (non-hydrogen) atoms. The van der Waals surface area contributed by atoms with Crippen molar-refractivity contribution in [3.8, 4) is 0 Å². The smallest absolute Gasteiger partial charge is 0.309 e. The molecule has 3 heteroatoms. The van der Waals surface area contributed by atoms with Gasteiger partial charge in [-0.25, -0.2) is 0 Å². The Morgan fingerprint density at radius 1 is 1.31 bits per heavy atom. The van der Waals surface area contributed by atoms with E-state index in [9.17, 15) is 4.79 Å². The van der Waals surface area contributed by atoms with Crippen LogP contribution in [-0.2, 0) is 9.53 Å². The summed E-state index contributed by atoms with van der Waals surface area (Å²) < 4.78 is 4.65. The molecule has 0 aliphatic heterocycles. The third kappa shape index (κ3) is 5.19. The molecule has 0 aromatic rings. The molecule has 0 bridgehead atoms. The molecule has 0 aliphatic carbocycles. The summed E-state index contributed by atoms with van der Waals surface area (Å²) in [7, 11) is 1.44. The summed E-state index contributed by atoms with van der Waals surface area (Å²) >= 11 is 1.84. The van der Waals surface area contributed by atoms with Gasteiger partial charge in [0.2, 0.25) is 0 Å². The standard InChI is InChI=1S/C10H20O2S/c1-7(2)9(4)13-6-8(3)10(11)12-5/h7-9H,6H2,1-5H3. The molecule has 2 nitrogen and oxygen atoms in total. The Hall–Kier alpha value is -0.180. The minimum atomic E-state index is -0.108. The van der Waals surface area contributed by atoms with Crippen LogP contribution in [0, 0.1) is 11.8 Å². The Kier molecular flexibility index (Phi) is 6.21. The number of carbonyl (C=O) groups is 1. The maximum Gasteiger partial charge on any atom is 0.309 e. The van der Waals surface area contributed by atoms with E-state index >= 15 is 0 Å². The van der Waals surface area contributed by atoms with Crippen molar-refractivity contribution in [3.63, 3.8) is 0 Å². The van der Waals surface area contributed by atoms with Crippen LogP contribution in [0.1, 0.15) is 27.7 Å². The highest BCUT2D eigenvalue weighted by Gasteiger charge is 2.15. The van der Waals surface area contributed by atoms with Gasteiger partial charge in [-0.3, -0.25) is 4.79 Å². The van der Waals surface area contributed by atoms with Crippen molar-refractivity contribution >= 4 is 17.7 Å². The zero-order valence-electron chi connectivity index (χ0n) is 9.16. The lowest BCUT2D eigenvalue weighted by Gasteiger charge is -2.16. The van der Waals surface area contributed by atoms with Crippen LogP contribution in [0.3, 0.4) is 0 Å². The van der Waals surface area contributed by atoms with Gasteiger partial charge in [0.1, 0.15) is 0 Å². The Morgan fingerprint density at radius 3 is 2.23 bits per heavy atom. The second-order valence-corrected chi connectivity index (χ2v) is 5.12. The fourth-order valence-corrected chi connectivity index (χ4v) is 1.87. The summed E-state index contributed by atoms with van der Waals surface area (Å²) in [5.41, 5.74) is 0. The first-order valence-electron chi connectivity index (χ1n) is 4.68. The van der Waals surface area contributed by atoms with Crippen LogP contribution in [0.25, 0.3) is 0 Å². The third-order valence-electron chi connectivity index (χ3n) is 2.15. The molecule has 2 atom stereocenters. The topological polar surface area (TPSA) is 26.3 Å². The SMILES string of the molecule is COC(=O)C(C)CSC(C)C(C)C. The first kappa shape index (κ1) is 12.8. The highest BCUT2D eigenvalue weighted by Crippen LogP contribution is 2.21. The molecule has 0 saturated heterocycles. The zero-order chi connectivity index (χ0) is 10.4. The predicted molar refractivity (Wildman–Crippen MR) is 57.9 cm³/mol.